The van der Waals surface area contributed by atoms with Crippen molar-refractivity contribution in [2.45, 2.75) is 26.7 Å². The SMILES string of the molecule is CCCCN(CCO)c1cccc(OC)c1C(C)=O. The Labute approximate surface area is 115 Å². The number of ether oxygens (including phenoxy) is 1. The number of aliphatic hydroxyl groups excluding tert-OH is 1. The molecule has 0 bridgehead atoms. The minimum atomic E-state index is -0.0214. The smallest absolute Gasteiger partial charge is 0.165 e. The van der Waals surface area contributed by atoms with Crippen LogP contribution in [0.15, 0.2) is 18.2 Å². The van der Waals surface area contributed by atoms with Gasteiger partial charge in [-0.15, -0.1) is 0 Å². The van der Waals surface area contributed by atoms with Crippen molar-refractivity contribution in [2.24, 2.45) is 0 Å². The van der Waals surface area contributed by atoms with Crippen LogP contribution in [0.1, 0.15) is 37.0 Å². The Morgan fingerprint density at radius 3 is 2.63 bits per heavy atom. The standard InChI is InChI=1S/C15H23NO3/c1-4-5-9-16(10-11-17)13-7-6-8-14(19-3)15(13)12(2)18/h6-8,17H,4-5,9-11H2,1-3H3. The van der Waals surface area contributed by atoms with Crippen LogP contribution in [0.4, 0.5) is 5.69 Å². The van der Waals surface area contributed by atoms with Crippen molar-refractivity contribution >= 4 is 11.5 Å². The van der Waals surface area contributed by atoms with E-state index in [-0.39, 0.29) is 12.4 Å². The molecule has 0 saturated carbocycles. The summed E-state index contributed by atoms with van der Waals surface area (Å²) in [5.41, 5.74) is 1.43. The summed E-state index contributed by atoms with van der Waals surface area (Å²) in [5.74, 6) is 0.566. The highest BCUT2D eigenvalue weighted by Gasteiger charge is 2.17. The first-order valence-corrected chi connectivity index (χ1v) is 6.69. The molecule has 1 aromatic carbocycles. The highest BCUT2D eigenvalue weighted by Crippen LogP contribution is 2.30. The topological polar surface area (TPSA) is 49.8 Å². The number of methoxy groups -OCH3 is 1. The Morgan fingerprint density at radius 1 is 1.37 bits per heavy atom. The zero-order valence-electron chi connectivity index (χ0n) is 12.0. The van der Waals surface area contributed by atoms with Crippen LogP contribution in [0.5, 0.6) is 5.75 Å². The number of nitrogens with zero attached hydrogens (tertiary/aromatic N) is 1. The number of benzene rings is 1. The van der Waals surface area contributed by atoms with E-state index in [0.717, 1.165) is 25.1 Å². The molecule has 4 nitrogen and oxygen atoms in total. The second-order valence-electron chi connectivity index (χ2n) is 4.47. The molecule has 4 heteroatoms. The van der Waals surface area contributed by atoms with Crippen molar-refractivity contribution in [1.29, 1.82) is 0 Å². The Bertz CT molecular complexity index is 418. The summed E-state index contributed by atoms with van der Waals surface area (Å²) in [6.45, 7) is 5.07. The summed E-state index contributed by atoms with van der Waals surface area (Å²) in [6.07, 6.45) is 2.09. The first kappa shape index (κ1) is 15.5. The predicted octanol–water partition coefficient (Wildman–Crippen LogP) is 2.50. The Kier molecular flexibility index (Phi) is 6.36. The van der Waals surface area contributed by atoms with Crippen LogP contribution in [0.2, 0.25) is 0 Å². The number of rotatable bonds is 8. The van der Waals surface area contributed by atoms with Crippen LogP contribution in [-0.2, 0) is 0 Å². The molecule has 0 aliphatic rings. The van der Waals surface area contributed by atoms with Crippen molar-refractivity contribution in [3.05, 3.63) is 23.8 Å². The number of Topliss-reactive ketones (excluding diaryl/α,β-unsaturated/α-hetero) is 1. The number of anilines is 1. The summed E-state index contributed by atoms with van der Waals surface area (Å²) >= 11 is 0. The minimum absolute atomic E-state index is 0.0214. The molecule has 0 aliphatic heterocycles. The van der Waals surface area contributed by atoms with Crippen LogP contribution >= 0.6 is 0 Å². The number of hydrogen-bond donors (Lipinski definition) is 1. The van der Waals surface area contributed by atoms with Gasteiger partial charge in [0.05, 0.1) is 25.0 Å². The summed E-state index contributed by atoms with van der Waals surface area (Å²) in [5, 5.41) is 9.20. The Balaban J connectivity index is 3.16. The van der Waals surface area contributed by atoms with Crippen molar-refractivity contribution in [3.63, 3.8) is 0 Å². The molecule has 0 amide bonds. The maximum Gasteiger partial charge on any atom is 0.165 e. The second kappa shape index (κ2) is 7.79. The van der Waals surface area contributed by atoms with Gasteiger partial charge in [0, 0.05) is 13.1 Å². The molecule has 0 aromatic heterocycles. The fourth-order valence-corrected chi connectivity index (χ4v) is 2.13. The first-order valence-electron chi connectivity index (χ1n) is 6.69. The highest BCUT2D eigenvalue weighted by molar-refractivity contribution is 6.02. The van der Waals surface area contributed by atoms with E-state index in [2.05, 4.69) is 6.92 Å². The van der Waals surface area contributed by atoms with Gasteiger partial charge in [0.2, 0.25) is 0 Å². The largest absolute Gasteiger partial charge is 0.496 e. The maximum atomic E-state index is 11.9. The molecular weight excluding hydrogens is 242 g/mol. The van der Waals surface area contributed by atoms with Gasteiger partial charge in [-0.1, -0.05) is 19.4 Å². The highest BCUT2D eigenvalue weighted by atomic mass is 16.5. The third kappa shape index (κ3) is 3.96. The summed E-state index contributed by atoms with van der Waals surface area (Å²) in [7, 11) is 1.56. The van der Waals surface area contributed by atoms with E-state index < -0.39 is 0 Å². The quantitative estimate of drug-likeness (QED) is 0.734. The zero-order chi connectivity index (χ0) is 14.3. The van der Waals surface area contributed by atoms with E-state index in [9.17, 15) is 9.90 Å². The van der Waals surface area contributed by atoms with Crippen molar-refractivity contribution in [3.8, 4) is 5.75 Å². The van der Waals surface area contributed by atoms with Crippen molar-refractivity contribution in [2.75, 3.05) is 31.7 Å². The molecule has 1 rings (SSSR count). The number of carbonyl (C=O) groups excluding carboxylic acids is 1. The van der Waals surface area contributed by atoms with Gasteiger partial charge < -0.3 is 14.7 Å². The van der Waals surface area contributed by atoms with E-state index in [0.29, 0.717) is 17.9 Å². The lowest BCUT2D eigenvalue weighted by atomic mass is 10.1. The minimum Gasteiger partial charge on any atom is -0.496 e. The molecule has 1 N–H and O–H groups in total. The van der Waals surface area contributed by atoms with Gasteiger partial charge in [-0.05, 0) is 25.5 Å². The molecule has 0 unspecified atom stereocenters. The van der Waals surface area contributed by atoms with E-state index in [1.807, 2.05) is 17.0 Å². The zero-order valence-corrected chi connectivity index (χ0v) is 12.0. The number of aliphatic hydroxyl groups is 1. The predicted molar refractivity (Wildman–Crippen MR) is 77.2 cm³/mol. The van der Waals surface area contributed by atoms with E-state index in [4.69, 9.17) is 4.74 Å². The molecular formula is C15H23NO3. The van der Waals surface area contributed by atoms with Gasteiger partial charge >= 0.3 is 0 Å². The number of ketones is 1. The molecule has 0 atom stereocenters. The molecule has 0 spiro atoms. The average molecular weight is 265 g/mol. The van der Waals surface area contributed by atoms with Crippen LogP contribution in [0, 0.1) is 0 Å². The van der Waals surface area contributed by atoms with Gasteiger partial charge in [0.1, 0.15) is 5.75 Å². The second-order valence-corrected chi connectivity index (χ2v) is 4.47. The van der Waals surface area contributed by atoms with Gasteiger partial charge in [-0.25, -0.2) is 0 Å². The van der Waals surface area contributed by atoms with E-state index >= 15 is 0 Å². The third-order valence-electron chi connectivity index (χ3n) is 3.07. The lowest BCUT2D eigenvalue weighted by molar-refractivity contribution is 0.101. The third-order valence-corrected chi connectivity index (χ3v) is 3.07. The molecule has 0 heterocycles. The van der Waals surface area contributed by atoms with Gasteiger partial charge in [0.15, 0.2) is 5.78 Å². The Hall–Kier alpha value is -1.55. The summed E-state index contributed by atoms with van der Waals surface area (Å²) in [4.78, 5) is 13.9. The molecule has 0 saturated heterocycles. The number of unbranched alkanes of at least 4 members (excludes halogenated alkanes) is 1. The normalized spacial score (nSPS) is 10.3. The Morgan fingerprint density at radius 2 is 2.11 bits per heavy atom. The van der Waals surface area contributed by atoms with Crippen molar-refractivity contribution in [1.82, 2.24) is 0 Å². The molecule has 0 radical (unpaired) electrons. The van der Waals surface area contributed by atoms with Crippen LogP contribution in [0.3, 0.4) is 0 Å². The average Bonchev–Trinajstić information content (AvgIpc) is 2.42. The lowest BCUT2D eigenvalue weighted by Crippen LogP contribution is -2.29. The van der Waals surface area contributed by atoms with Gasteiger partial charge in [-0.3, -0.25) is 4.79 Å². The fraction of sp³-hybridized carbons (Fsp3) is 0.533. The van der Waals surface area contributed by atoms with Gasteiger partial charge in [0.25, 0.3) is 0 Å². The van der Waals surface area contributed by atoms with Crippen LogP contribution in [0.25, 0.3) is 0 Å². The summed E-state index contributed by atoms with van der Waals surface area (Å²) < 4.78 is 5.27. The van der Waals surface area contributed by atoms with Crippen LogP contribution < -0.4 is 9.64 Å². The maximum absolute atomic E-state index is 11.9. The molecule has 0 aliphatic carbocycles. The molecule has 0 fully saturated rings. The van der Waals surface area contributed by atoms with Crippen LogP contribution in [-0.4, -0.2) is 37.7 Å². The number of hydrogen-bond acceptors (Lipinski definition) is 4. The molecule has 1 aromatic rings. The van der Waals surface area contributed by atoms with Gasteiger partial charge in [-0.2, -0.15) is 0 Å². The monoisotopic (exact) mass is 265 g/mol. The van der Waals surface area contributed by atoms with E-state index in [1.54, 1.807) is 13.2 Å². The lowest BCUT2D eigenvalue weighted by Gasteiger charge is -2.26. The summed E-state index contributed by atoms with van der Waals surface area (Å²) in [6, 6.07) is 5.57. The van der Waals surface area contributed by atoms with E-state index in [1.165, 1.54) is 6.92 Å². The van der Waals surface area contributed by atoms with Crippen molar-refractivity contribution < 1.29 is 14.6 Å². The first-order chi connectivity index (χ1) is 9.15. The fourth-order valence-electron chi connectivity index (χ4n) is 2.13. The number of carbonyl (C=O) groups is 1. The molecule has 19 heavy (non-hydrogen) atoms. The molecule has 106 valence electrons.